The van der Waals surface area contributed by atoms with Crippen LogP contribution in [0.1, 0.15) is 22.0 Å². The van der Waals surface area contributed by atoms with Crippen molar-refractivity contribution in [3.8, 4) is 0 Å². The van der Waals surface area contributed by atoms with Crippen LogP contribution < -0.4 is 5.32 Å². The topological polar surface area (TPSA) is 66.4 Å². The lowest BCUT2D eigenvalue weighted by molar-refractivity contribution is -0.131. The molecule has 1 atom stereocenters. The molecule has 0 saturated carbocycles. The maximum atomic E-state index is 11.4. The van der Waals surface area contributed by atoms with Gasteiger partial charge in [-0.15, -0.1) is 0 Å². The Morgan fingerprint density at radius 3 is 2.87 bits per heavy atom. The zero-order valence-corrected chi connectivity index (χ0v) is 7.81. The van der Waals surface area contributed by atoms with Crippen LogP contribution in [0.3, 0.4) is 0 Å². The third-order valence-corrected chi connectivity index (χ3v) is 2.26. The SMILES string of the molecule is O=C(O)/C=C\C1NC(=O)c2ccccc21. The van der Waals surface area contributed by atoms with Crippen LogP contribution in [0.15, 0.2) is 36.4 Å². The van der Waals surface area contributed by atoms with Gasteiger partial charge in [0.1, 0.15) is 0 Å². The summed E-state index contributed by atoms with van der Waals surface area (Å²) in [6, 6.07) is 6.80. The summed E-state index contributed by atoms with van der Waals surface area (Å²) in [7, 11) is 0. The lowest BCUT2D eigenvalue weighted by Crippen LogP contribution is -2.17. The fourth-order valence-electron chi connectivity index (χ4n) is 1.60. The van der Waals surface area contributed by atoms with Crippen LogP contribution in [-0.4, -0.2) is 17.0 Å². The monoisotopic (exact) mass is 203 g/mol. The molecule has 1 aliphatic rings. The van der Waals surface area contributed by atoms with E-state index in [0.29, 0.717) is 5.56 Å². The van der Waals surface area contributed by atoms with Crippen LogP contribution >= 0.6 is 0 Å². The first kappa shape index (κ1) is 9.45. The molecule has 0 fully saturated rings. The average Bonchev–Trinajstić information content (AvgIpc) is 2.54. The van der Waals surface area contributed by atoms with Crippen molar-refractivity contribution in [3.63, 3.8) is 0 Å². The van der Waals surface area contributed by atoms with E-state index in [4.69, 9.17) is 5.11 Å². The van der Waals surface area contributed by atoms with Gasteiger partial charge in [0.15, 0.2) is 0 Å². The number of carbonyl (C=O) groups is 2. The molecule has 2 rings (SSSR count). The number of carboxylic acids is 1. The predicted octanol–water partition coefficient (Wildman–Crippen LogP) is 1.11. The molecular weight excluding hydrogens is 194 g/mol. The van der Waals surface area contributed by atoms with Crippen LogP contribution in [0, 0.1) is 0 Å². The second-order valence-electron chi connectivity index (χ2n) is 3.24. The summed E-state index contributed by atoms with van der Waals surface area (Å²) in [6.45, 7) is 0. The summed E-state index contributed by atoms with van der Waals surface area (Å²) in [5.41, 5.74) is 1.43. The molecule has 1 aromatic rings. The molecule has 15 heavy (non-hydrogen) atoms. The first-order valence-corrected chi connectivity index (χ1v) is 4.49. The molecule has 1 amide bonds. The molecule has 76 valence electrons. The smallest absolute Gasteiger partial charge is 0.328 e. The molecule has 4 nitrogen and oxygen atoms in total. The number of nitrogens with one attached hydrogen (secondary N) is 1. The summed E-state index contributed by atoms with van der Waals surface area (Å²) < 4.78 is 0. The molecule has 4 heteroatoms. The Labute approximate surface area is 86.2 Å². The quantitative estimate of drug-likeness (QED) is 0.707. The van der Waals surface area contributed by atoms with Gasteiger partial charge >= 0.3 is 5.97 Å². The largest absolute Gasteiger partial charge is 0.478 e. The fourth-order valence-corrected chi connectivity index (χ4v) is 1.60. The van der Waals surface area contributed by atoms with E-state index in [0.717, 1.165) is 11.6 Å². The maximum Gasteiger partial charge on any atom is 0.328 e. The highest BCUT2D eigenvalue weighted by molar-refractivity contribution is 5.99. The van der Waals surface area contributed by atoms with Gasteiger partial charge in [0, 0.05) is 11.6 Å². The first-order valence-electron chi connectivity index (χ1n) is 4.49. The van der Waals surface area contributed by atoms with Gasteiger partial charge < -0.3 is 10.4 Å². The number of rotatable bonds is 2. The first-order chi connectivity index (χ1) is 7.18. The molecule has 0 bridgehead atoms. The number of benzene rings is 1. The van der Waals surface area contributed by atoms with E-state index in [2.05, 4.69) is 5.32 Å². The van der Waals surface area contributed by atoms with Gasteiger partial charge in [0.2, 0.25) is 0 Å². The Bertz CT molecular complexity index is 451. The summed E-state index contributed by atoms with van der Waals surface area (Å²) in [5.74, 6) is -1.18. The summed E-state index contributed by atoms with van der Waals surface area (Å²) in [6.07, 6.45) is 2.50. The molecule has 1 aliphatic heterocycles. The average molecular weight is 203 g/mol. The van der Waals surface area contributed by atoms with Crippen molar-refractivity contribution in [2.45, 2.75) is 6.04 Å². The minimum atomic E-state index is -1.02. The standard InChI is InChI=1S/C11H9NO3/c13-10(14)6-5-9-7-3-1-2-4-8(7)11(15)12-9/h1-6,9H,(H,12,15)(H,13,14)/b6-5-. The highest BCUT2D eigenvalue weighted by atomic mass is 16.4. The van der Waals surface area contributed by atoms with Crippen LogP contribution in [0.25, 0.3) is 0 Å². The highest BCUT2D eigenvalue weighted by Crippen LogP contribution is 2.25. The van der Waals surface area contributed by atoms with Crippen molar-refractivity contribution >= 4 is 11.9 Å². The Morgan fingerprint density at radius 2 is 2.13 bits per heavy atom. The van der Waals surface area contributed by atoms with Crippen molar-refractivity contribution in [1.29, 1.82) is 0 Å². The third kappa shape index (κ3) is 1.74. The van der Waals surface area contributed by atoms with E-state index in [-0.39, 0.29) is 11.9 Å². The lowest BCUT2D eigenvalue weighted by Gasteiger charge is -2.04. The van der Waals surface area contributed by atoms with Gasteiger partial charge in [-0.25, -0.2) is 4.79 Å². The number of carbonyl (C=O) groups excluding carboxylic acids is 1. The van der Waals surface area contributed by atoms with Gasteiger partial charge in [-0.1, -0.05) is 24.3 Å². The van der Waals surface area contributed by atoms with Crippen molar-refractivity contribution in [2.75, 3.05) is 0 Å². The molecule has 0 radical (unpaired) electrons. The van der Waals surface area contributed by atoms with Crippen molar-refractivity contribution in [3.05, 3.63) is 47.5 Å². The van der Waals surface area contributed by atoms with Crippen LogP contribution in [-0.2, 0) is 4.79 Å². The van der Waals surface area contributed by atoms with Crippen molar-refractivity contribution < 1.29 is 14.7 Å². The summed E-state index contributed by atoms with van der Waals surface area (Å²) >= 11 is 0. The number of carboxylic acid groups (broad SMARTS) is 1. The zero-order chi connectivity index (χ0) is 10.8. The van der Waals surface area contributed by atoms with Crippen LogP contribution in [0.4, 0.5) is 0 Å². The lowest BCUT2D eigenvalue weighted by atomic mass is 10.0. The van der Waals surface area contributed by atoms with Crippen molar-refractivity contribution in [2.24, 2.45) is 0 Å². The zero-order valence-electron chi connectivity index (χ0n) is 7.81. The van der Waals surface area contributed by atoms with Crippen LogP contribution in [0.2, 0.25) is 0 Å². The highest BCUT2D eigenvalue weighted by Gasteiger charge is 2.25. The number of hydrogen-bond acceptors (Lipinski definition) is 2. The molecule has 0 spiro atoms. The molecule has 0 aliphatic carbocycles. The number of aliphatic carboxylic acids is 1. The molecule has 1 heterocycles. The number of fused-ring (bicyclic) bond motifs is 1. The van der Waals surface area contributed by atoms with E-state index in [1.54, 1.807) is 12.1 Å². The van der Waals surface area contributed by atoms with Gasteiger partial charge in [-0.05, 0) is 11.6 Å². The normalized spacial score (nSPS) is 18.9. The molecule has 1 aromatic carbocycles. The van der Waals surface area contributed by atoms with Gasteiger partial charge in [-0.3, -0.25) is 4.79 Å². The second-order valence-corrected chi connectivity index (χ2v) is 3.24. The Balaban J connectivity index is 2.33. The molecule has 0 aromatic heterocycles. The number of hydrogen-bond donors (Lipinski definition) is 2. The summed E-state index contributed by atoms with van der Waals surface area (Å²) in [4.78, 5) is 21.8. The fraction of sp³-hybridized carbons (Fsp3) is 0.0909. The molecule has 0 saturated heterocycles. The molecule has 2 N–H and O–H groups in total. The van der Waals surface area contributed by atoms with E-state index < -0.39 is 5.97 Å². The van der Waals surface area contributed by atoms with Gasteiger partial charge in [-0.2, -0.15) is 0 Å². The summed E-state index contributed by atoms with van der Waals surface area (Å²) in [5, 5.41) is 11.2. The van der Waals surface area contributed by atoms with Gasteiger partial charge in [0.25, 0.3) is 5.91 Å². The molecule has 1 unspecified atom stereocenters. The van der Waals surface area contributed by atoms with E-state index in [1.165, 1.54) is 6.08 Å². The minimum Gasteiger partial charge on any atom is -0.478 e. The minimum absolute atomic E-state index is 0.161. The van der Waals surface area contributed by atoms with Crippen LogP contribution in [0.5, 0.6) is 0 Å². The molecular formula is C11H9NO3. The van der Waals surface area contributed by atoms with E-state index >= 15 is 0 Å². The second kappa shape index (κ2) is 3.57. The Hall–Kier alpha value is -2.10. The third-order valence-electron chi connectivity index (χ3n) is 2.26. The van der Waals surface area contributed by atoms with E-state index in [1.807, 2.05) is 12.1 Å². The van der Waals surface area contributed by atoms with Gasteiger partial charge in [0.05, 0.1) is 6.04 Å². The van der Waals surface area contributed by atoms with Crippen molar-refractivity contribution in [1.82, 2.24) is 5.32 Å². The predicted molar refractivity (Wildman–Crippen MR) is 53.4 cm³/mol. The Kier molecular flexibility index (Phi) is 2.25. The van der Waals surface area contributed by atoms with E-state index in [9.17, 15) is 9.59 Å². The maximum absolute atomic E-state index is 11.4. The number of amides is 1. The Morgan fingerprint density at radius 1 is 1.40 bits per heavy atom.